The monoisotopic (exact) mass is 329 g/mol. The van der Waals surface area contributed by atoms with Crippen molar-refractivity contribution in [3.05, 3.63) is 58.7 Å². The smallest absolute Gasteiger partial charge is 0.227 e. The Balaban J connectivity index is 1.66. The fourth-order valence-corrected chi connectivity index (χ4v) is 2.54. The number of aryl methyl sites for hydroxylation is 1. The lowest BCUT2D eigenvalue weighted by atomic mass is 10.1. The summed E-state index contributed by atoms with van der Waals surface area (Å²) in [5.41, 5.74) is 3.08. The number of carbonyl (C=O) groups is 1. The lowest BCUT2D eigenvalue weighted by Gasteiger charge is -2.11. The Morgan fingerprint density at radius 1 is 1.30 bits per heavy atom. The van der Waals surface area contributed by atoms with Gasteiger partial charge in [0.2, 0.25) is 5.91 Å². The van der Waals surface area contributed by atoms with E-state index in [2.05, 4.69) is 15.5 Å². The number of H-pyrrole nitrogens is 1. The van der Waals surface area contributed by atoms with E-state index in [9.17, 15) is 9.90 Å². The van der Waals surface area contributed by atoms with Crippen LogP contribution in [0.15, 0.2) is 42.5 Å². The normalized spacial score (nSPS) is 12.3. The molecule has 2 aromatic carbocycles. The first kappa shape index (κ1) is 15.5. The van der Waals surface area contributed by atoms with Gasteiger partial charge < -0.3 is 10.4 Å². The number of hydrogen-bond acceptors (Lipinski definition) is 3. The minimum atomic E-state index is -0.872. The van der Waals surface area contributed by atoms with E-state index in [4.69, 9.17) is 11.6 Å². The lowest BCUT2D eigenvalue weighted by molar-refractivity contribution is -0.118. The molecule has 0 aliphatic carbocycles. The molecule has 5 nitrogen and oxygen atoms in total. The molecule has 1 heterocycles. The van der Waals surface area contributed by atoms with Gasteiger partial charge in [-0.25, -0.2) is 0 Å². The molecule has 6 heteroatoms. The summed E-state index contributed by atoms with van der Waals surface area (Å²) in [4.78, 5) is 12.1. The molecule has 0 fully saturated rings. The van der Waals surface area contributed by atoms with Crippen molar-refractivity contribution in [3.8, 4) is 0 Å². The minimum Gasteiger partial charge on any atom is -0.388 e. The summed E-state index contributed by atoms with van der Waals surface area (Å²) in [6.07, 6.45) is -0.900. The molecule has 3 aromatic rings. The number of nitrogens with one attached hydrogen (secondary N) is 2. The highest BCUT2D eigenvalue weighted by molar-refractivity contribution is 6.30. The van der Waals surface area contributed by atoms with Gasteiger partial charge in [-0.1, -0.05) is 23.7 Å². The molecule has 1 aromatic heterocycles. The first-order valence-electron chi connectivity index (χ1n) is 7.21. The maximum absolute atomic E-state index is 12.1. The number of fused-ring (bicyclic) bond motifs is 1. The van der Waals surface area contributed by atoms with Crippen LogP contribution in [0.25, 0.3) is 10.9 Å². The van der Waals surface area contributed by atoms with Crippen molar-refractivity contribution < 1.29 is 9.90 Å². The molecule has 0 bridgehead atoms. The zero-order valence-corrected chi connectivity index (χ0v) is 13.3. The summed E-state index contributed by atoms with van der Waals surface area (Å²) in [6.45, 7) is 1.94. The third kappa shape index (κ3) is 3.52. The van der Waals surface area contributed by atoms with Crippen LogP contribution in [0.5, 0.6) is 0 Å². The largest absolute Gasteiger partial charge is 0.388 e. The third-order valence-corrected chi connectivity index (χ3v) is 3.92. The number of rotatable bonds is 4. The van der Waals surface area contributed by atoms with Gasteiger partial charge in [-0.05, 0) is 42.8 Å². The molecule has 118 valence electrons. The van der Waals surface area contributed by atoms with Gasteiger partial charge in [0.1, 0.15) is 0 Å². The predicted molar refractivity (Wildman–Crippen MR) is 90.5 cm³/mol. The number of aliphatic hydroxyl groups is 1. The molecule has 0 saturated carbocycles. The van der Waals surface area contributed by atoms with E-state index in [-0.39, 0.29) is 12.3 Å². The second kappa shape index (κ2) is 6.40. The molecular formula is C17H16ClN3O2. The van der Waals surface area contributed by atoms with Gasteiger partial charge in [0.25, 0.3) is 0 Å². The molecular weight excluding hydrogens is 314 g/mol. The lowest BCUT2D eigenvalue weighted by Crippen LogP contribution is -2.15. The van der Waals surface area contributed by atoms with Gasteiger partial charge in [0, 0.05) is 21.8 Å². The SMILES string of the molecule is Cc1[nH]nc2cc(NC(=O)CC(O)c3ccc(Cl)cc3)ccc12. The van der Waals surface area contributed by atoms with Crippen molar-refractivity contribution in [2.75, 3.05) is 5.32 Å². The number of anilines is 1. The highest BCUT2D eigenvalue weighted by Gasteiger charge is 2.13. The van der Waals surface area contributed by atoms with Crippen molar-refractivity contribution in [1.29, 1.82) is 0 Å². The van der Waals surface area contributed by atoms with Gasteiger partial charge in [-0.15, -0.1) is 0 Å². The van der Waals surface area contributed by atoms with Crippen LogP contribution in [0.3, 0.4) is 0 Å². The summed E-state index contributed by atoms with van der Waals surface area (Å²) < 4.78 is 0. The average molecular weight is 330 g/mol. The molecule has 0 saturated heterocycles. The number of amides is 1. The fourth-order valence-electron chi connectivity index (χ4n) is 2.41. The van der Waals surface area contributed by atoms with Gasteiger partial charge in [-0.2, -0.15) is 5.10 Å². The molecule has 0 aliphatic rings. The zero-order chi connectivity index (χ0) is 16.4. The molecule has 3 N–H and O–H groups in total. The standard InChI is InChI=1S/C17H16ClN3O2/c1-10-14-7-6-13(8-15(14)21-20-10)19-17(23)9-16(22)11-2-4-12(18)5-3-11/h2-8,16,22H,9H2,1H3,(H,19,23)(H,20,21). The van der Waals surface area contributed by atoms with Gasteiger partial charge in [-0.3, -0.25) is 9.89 Å². The van der Waals surface area contributed by atoms with Crippen LogP contribution in [0.4, 0.5) is 5.69 Å². The van der Waals surface area contributed by atoms with E-state index in [1.54, 1.807) is 30.3 Å². The quantitative estimate of drug-likeness (QED) is 0.684. The van der Waals surface area contributed by atoms with E-state index >= 15 is 0 Å². The number of benzene rings is 2. The van der Waals surface area contributed by atoms with E-state index in [0.29, 0.717) is 16.3 Å². The summed E-state index contributed by atoms with van der Waals surface area (Å²) in [5, 5.41) is 21.6. The minimum absolute atomic E-state index is 0.0285. The van der Waals surface area contributed by atoms with Crippen molar-refractivity contribution in [2.24, 2.45) is 0 Å². The molecule has 3 rings (SSSR count). The Morgan fingerprint density at radius 2 is 2.04 bits per heavy atom. The summed E-state index contributed by atoms with van der Waals surface area (Å²) in [5.74, 6) is -0.265. The van der Waals surface area contributed by atoms with Gasteiger partial charge in [0.15, 0.2) is 0 Å². The fraction of sp³-hybridized carbons (Fsp3) is 0.176. The van der Waals surface area contributed by atoms with E-state index in [1.165, 1.54) is 0 Å². The van der Waals surface area contributed by atoms with Crippen LogP contribution in [0, 0.1) is 6.92 Å². The number of nitrogens with zero attached hydrogens (tertiary/aromatic N) is 1. The molecule has 1 amide bonds. The number of hydrogen-bond donors (Lipinski definition) is 3. The van der Waals surface area contributed by atoms with Crippen molar-refractivity contribution in [2.45, 2.75) is 19.4 Å². The Hall–Kier alpha value is -2.37. The van der Waals surface area contributed by atoms with E-state index < -0.39 is 6.10 Å². The molecule has 1 atom stereocenters. The number of halogens is 1. The Bertz CT molecular complexity index is 843. The first-order chi connectivity index (χ1) is 11.0. The Kier molecular flexibility index (Phi) is 4.32. The van der Waals surface area contributed by atoms with Crippen LogP contribution >= 0.6 is 11.6 Å². The summed E-state index contributed by atoms with van der Waals surface area (Å²) >= 11 is 5.81. The molecule has 0 radical (unpaired) electrons. The topological polar surface area (TPSA) is 78.0 Å². The van der Waals surface area contributed by atoms with Crippen molar-refractivity contribution in [1.82, 2.24) is 10.2 Å². The Labute approximate surface area is 138 Å². The van der Waals surface area contributed by atoms with E-state index in [0.717, 1.165) is 16.6 Å². The number of aromatic nitrogens is 2. The second-order valence-electron chi connectivity index (χ2n) is 5.40. The number of aliphatic hydroxyl groups excluding tert-OH is 1. The number of carbonyl (C=O) groups excluding carboxylic acids is 1. The second-order valence-corrected chi connectivity index (χ2v) is 5.84. The maximum atomic E-state index is 12.1. The molecule has 0 aliphatic heterocycles. The highest BCUT2D eigenvalue weighted by atomic mass is 35.5. The summed E-state index contributed by atoms with van der Waals surface area (Å²) in [6, 6.07) is 12.3. The third-order valence-electron chi connectivity index (χ3n) is 3.66. The van der Waals surface area contributed by atoms with Gasteiger partial charge >= 0.3 is 0 Å². The van der Waals surface area contributed by atoms with Crippen molar-refractivity contribution >= 4 is 34.1 Å². The molecule has 0 spiro atoms. The molecule has 1 unspecified atom stereocenters. The summed E-state index contributed by atoms with van der Waals surface area (Å²) in [7, 11) is 0. The van der Waals surface area contributed by atoms with E-state index in [1.807, 2.05) is 19.1 Å². The average Bonchev–Trinajstić information content (AvgIpc) is 2.88. The Morgan fingerprint density at radius 3 is 2.78 bits per heavy atom. The van der Waals surface area contributed by atoms with Gasteiger partial charge in [0.05, 0.1) is 18.0 Å². The highest BCUT2D eigenvalue weighted by Crippen LogP contribution is 2.22. The van der Waals surface area contributed by atoms with Crippen LogP contribution in [-0.2, 0) is 4.79 Å². The molecule has 23 heavy (non-hydrogen) atoms. The van der Waals surface area contributed by atoms with Crippen LogP contribution < -0.4 is 5.32 Å². The first-order valence-corrected chi connectivity index (χ1v) is 7.59. The zero-order valence-electron chi connectivity index (χ0n) is 12.5. The maximum Gasteiger partial charge on any atom is 0.227 e. The van der Waals surface area contributed by atoms with Crippen molar-refractivity contribution in [3.63, 3.8) is 0 Å². The van der Waals surface area contributed by atoms with Crippen LogP contribution in [0.2, 0.25) is 5.02 Å². The van der Waals surface area contributed by atoms with Crippen LogP contribution in [0.1, 0.15) is 23.8 Å². The number of aromatic amines is 1. The predicted octanol–water partition coefficient (Wildman–Crippen LogP) is 3.59. The van der Waals surface area contributed by atoms with Crippen LogP contribution in [-0.4, -0.2) is 21.2 Å².